The fourth-order valence-corrected chi connectivity index (χ4v) is 2.49. The van der Waals surface area contributed by atoms with Crippen LogP contribution in [0.25, 0.3) is 0 Å². The number of rotatable bonds is 3. The molecule has 1 amide bonds. The first-order valence-corrected chi connectivity index (χ1v) is 6.64. The van der Waals surface area contributed by atoms with Gasteiger partial charge in [0.1, 0.15) is 6.04 Å². The van der Waals surface area contributed by atoms with E-state index in [1.165, 1.54) is 6.07 Å². The van der Waals surface area contributed by atoms with Gasteiger partial charge in [0, 0.05) is 19.3 Å². The molecule has 4 N–H and O–H groups in total. The van der Waals surface area contributed by atoms with Crippen LogP contribution in [0, 0.1) is 0 Å². The van der Waals surface area contributed by atoms with E-state index in [1.807, 2.05) is 0 Å². The molecule has 1 aliphatic heterocycles. The van der Waals surface area contributed by atoms with Gasteiger partial charge in [-0.3, -0.25) is 4.79 Å². The Morgan fingerprint density at radius 2 is 2.20 bits per heavy atom. The average molecular weight is 277 g/mol. The normalized spacial score (nSPS) is 19.1. The molecule has 1 fully saturated rings. The summed E-state index contributed by atoms with van der Waals surface area (Å²) in [5, 5.41) is 12.1. The van der Waals surface area contributed by atoms with Crippen molar-refractivity contribution in [3.05, 3.63) is 23.8 Å². The Bertz CT molecular complexity index is 530. The van der Waals surface area contributed by atoms with Crippen LogP contribution in [0.4, 0.5) is 11.4 Å². The smallest absolute Gasteiger partial charge is 0.337 e. The second kappa shape index (κ2) is 5.81. The summed E-state index contributed by atoms with van der Waals surface area (Å²) in [4.78, 5) is 25.1. The first-order valence-electron chi connectivity index (χ1n) is 6.64. The molecule has 1 aromatic rings. The number of nitrogens with two attached hydrogens (primary N) is 1. The quantitative estimate of drug-likeness (QED) is 0.718. The molecule has 1 aromatic carbocycles. The topological polar surface area (TPSA) is 95.7 Å². The van der Waals surface area contributed by atoms with Crippen molar-refractivity contribution in [2.45, 2.75) is 25.3 Å². The number of nitrogen functional groups attached to an aromatic ring is 1. The lowest BCUT2D eigenvalue weighted by molar-refractivity contribution is -0.122. The van der Waals surface area contributed by atoms with Crippen molar-refractivity contribution < 1.29 is 14.7 Å². The number of carbonyl (C=O) groups excluding carboxylic acids is 1. The minimum Gasteiger partial charge on any atom is -0.478 e. The lowest BCUT2D eigenvalue weighted by atomic mass is 10.1. The molecule has 6 nitrogen and oxygen atoms in total. The molecule has 6 heteroatoms. The van der Waals surface area contributed by atoms with Crippen molar-refractivity contribution in [2.24, 2.45) is 0 Å². The number of benzene rings is 1. The molecule has 0 bridgehead atoms. The van der Waals surface area contributed by atoms with Crippen molar-refractivity contribution in [1.29, 1.82) is 0 Å². The molecule has 0 aliphatic carbocycles. The maximum Gasteiger partial charge on any atom is 0.337 e. The first-order chi connectivity index (χ1) is 9.50. The molecule has 0 spiro atoms. The highest BCUT2D eigenvalue weighted by Gasteiger charge is 2.27. The van der Waals surface area contributed by atoms with E-state index in [9.17, 15) is 14.7 Å². The zero-order chi connectivity index (χ0) is 14.7. The number of amides is 1. The van der Waals surface area contributed by atoms with Crippen molar-refractivity contribution >= 4 is 23.3 Å². The number of carboxylic acid groups (broad SMARTS) is 1. The van der Waals surface area contributed by atoms with Crippen molar-refractivity contribution in [2.75, 3.05) is 24.2 Å². The van der Waals surface area contributed by atoms with E-state index in [-0.39, 0.29) is 17.5 Å². The van der Waals surface area contributed by atoms with E-state index in [0.29, 0.717) is 24.3 Å². The summed E-state index contributed by atoms with van der Waals surface area (Å²) in [6.07, 6.45) is 2.60. The van der Waals surface area contributed by atoms with Gasteiger partial charge in [0.15, 0.2) is 0 Å². The highest BCUT2D eigenvalue weighted by Crippen LogP contribution is 2.26. The van der Waals surface area contributed by atoms with Gasteiger partial charge in [0.25, 0.3) is 0 Å². The zero-order valence-corrected chi connectivity index (χ0v) is 11.4. The molecule has 2 rings (SSSR count). The van der Waals surface area contributed by atoms with Gasteiger partial charge in [-0.15, -0.1) is 0 Å². The van der Waals surface area contributed by atoms with Crippen LogP contribution in [0.3, 0.4) is 0 Å². The lowest BCUT2D eigenvalue weighted by Gasteiger charge is -2.29. The Labute approximate surface area is 117 Å². The van der Waals surface area contributed by atoms with Crippen LogP contribution < -0.4 is 16.0 Å². The fourth-order valence-electron chi connectivity index (χ4n) is 2.49. The molecule has 1 aliphatic rings. The van der Waals surface area contributed by atoms with E-state index in [1.54, 1.807) is 24.1 Å². The molecule has 1 unspecified atom stereocenters. The monoisotopic (exact) mass is 277 g/mol. The second-order valence-corrected chi connectivity index (χ2v) is 5.00. The number of nitrogens with zero attached hydrogens (tertiary/aromatic N) is 1. The molecule has 0 radical (unpaired) electrons. The fraction of sp³-hybridized carbons (Fsp3) is 0.429. The minimum atomic E-state index is -1.05. The molecule has 0 saturated carbocycles. The summed E-state index contributed by atoms with van der Waals surface area (Å²) in [5.74, 6) is -1.11. The molecule has 20 heavy (non-hydrogen) atoms. The Hall–Kier alpha value is -2.24. The molecule has 108 valence electrons. The van der Waals surface area contributed by atoms with Crippen LogP contribution in [-0.2, 0) is 4.79 Å². The van der Waals surface area contributed by atoms with Crippen LogP contribution in [-0.4, -0.2) is 36.6 Å². The Balaban J connectivity index is 2.34. The molecular weight excluding hydrogens is 258 g/mol. The molecule has 1 saturated heterocycles. The highest BCUT2D eigenvalue weighted by molar-refractivity contribution is 5.97. The zero-order valence-electron chi connectivity index (χ0n) is 11.4. The van der Waals surface area contributed by atoms with E-state index in [2.05, 4.69) is 5.32 Å². The van der Waals surface area contributed by atoms with Crippen LogP contribution in [0.15, 0.2) is 18.2 Å². The van der Waals surface area contributed by atoms with Gasteiger partial charge in [0.05, 0.1) is 11.3 Å². The van der Waals surface area contributed by atoms with E-state index in [0.717, 1.165) is 12.8 Å². The predicted molar refractivity (Wildman–Crippen MR) is 76.9 cm³/mol. The highest BCUT2D eigenvalue weighted by atomic mass is 16.4. The summed E-state index contributed by atoms with van der Waals surface area (Å²) in [6.45, 7) is 0.677. The average Bonchev–Trinajstić information content (AvgIpc) is 2.62. The van der Waals surface area contributed by atoms with Gasteiger partial charge < -0.3 is 21.1 Å². The van der Waals surface area contributed by atoms with E-state index >= 15 is 0 Å². The second-order valence-electron chi connectivity index (χ2n) is 5.00. The number of likely N-dealkylation sites (N-methyl/N-ethyl adjacent to an activating group) is 1. The number of carboxylic acids is 1. The summed E-state index contributed by atoms with van der Waals surface area (Å²) >= 11 is 0. The van der Waals surface area contributed by atoms with Crippen LogP contribution in [0.1, 0.15) is 29.6 Å². The predicted octanol–water partition coefficient (Wildman–Crippen LogP) is 1.07. The third-order valence-electron chi connectivity index (χ3n) is 3.60. The molecule has 1 heterocycles. The van der Waals surface area contributed by atoms with Crippen LogP contribution in [0.2, 0.25) is 0 Å². The number of carbonyl (C=O) groups is 2. The Kier molecular flexibility index (Phi) is 4.12. The number of nitrogens with one attached hydrogen (secondary N) is 1. The third-order valence-corrected chi connectivity index (χ3v) is 3.60. The molecule has 0 aromatic heterocycles. The van der Waals surface area contributed by atoms with Crippen LogP contribution in [0.5, 0.6) is 0 Å². The van der Waals surface area contributed by atoms with E-state index in [4.69, 9.17) is 5.73 Å². The number of hydrogen-bond donors (Lipinski definition) is 3. The molecule has 1 atom stereocenters. The van der Waals surface area contributed by atoms with Crippen molar-refractivity contribution in [3.8, 4) is 0 Å². The summed E-state index contributed by atoms with van der Waals surface area (Å²) in [5.41, 5.74) is 6.65. The lowest BCUT2D eigenvalue weighted by Crippen LogP contribution is -2.44. The SMILES string of the molecule is CN(c1ccc(N)cc1C(=O)O)C1CCCCNC1=O. The van der Waals surface area contributed by atoms with Gasteiger partial charge in [-0.25, -0.2) is 4.79 Å². The van der Waals surface area contributed by atoms with Gasteiger partial charge >= 0.3 is 5.97 Å². The van der Waals surface area contributed by atoms with Crippen molar-refractivity contribution in [3.63, 3.8) is 0 Å². The maximum absolute atomic E-state index is 12.1. The van der Waals surface area contributed by atoms with Crippen LogP contribution >= 0.6 is 0 Å². The van der Waals surface area contributed by atoms with Gasteiger partial charge in [-0.2, -0.15) is 0 Å². The number of aromatic carboxylic acids is 1. The maximum atomic E-state index is 12.1. The minimum absolute atomic E-state index is 0.0573. The van der Waals surface area contributed by atoms with Gasteiger partial charge in [-0.1, -0.05) is 0 Å². The first kappa shape index (κ1) is 14.2. The number of anilines is 2. The Morgan fingerprint density at radius 1 is 1.45 bits per heavy atom. The van der Waals surface area contributed by atoms with Crippen molar-refractivity contribution in [1.82, 2.24) is 5.32 Å². The standard InChI is InChI=1S/C14H19N3O3/c1-17(12-4-2-3-7-16-13(12)18)11-6-5-9(15)8-10(11)14(19)20/h5-6,8,12H,2-4,7,15H2,1H3,(H,16,18)(H,19,20). The van der Waals surface area contributed by atoms with E-state index < -0.39 is 5.97 Å². The summed E-state index contributed by atoms with van der Waals surface area (Å²) in [7, 11) is 1.74. The number of hydrogen-bond acceptors (Lipinski definition) is 4. The summed E-state index contributed by atoms with van der Waals surface area (Å²) < 4.78 is 0. The summed E-state index contributed by atoms with van der Waals surface area (Å²) in [6, 6.07) is 4.37. The molecular formula is C14H19N3O3. The van der Waals surface area contributed by atoms with Gasteiger partial charge in [-0.05, 0) is 37.5 Å². The Morgan fingerprint density at radius 3 is 2.90 bits per heavy atom. The largest absolute Gasteiger partial charge is 0.478 e. The van der Waals surface area contributed by atoms with Gasteiger partial charge in [0.2, 0.25) is 5.91 Å². The third kappa shape index (κ3) is 2.84.